The number of likely N-dealkylation sites (tertiary alicyclic amines) is 1. The highest BCUT2D eigenvalue weighted by Crippen LogP contribution is 2.23. The number of fused-ring (bicyclic) bond motifs is 1. The SMILES string of the molecule is Cc1nc(OC[C@@H]2CCCN2C(=O)OC(C)(C)C)nc2c1CCN(C)C2. The van der Waals surface area contributed by atoms with Crippen LogP contribution in [0.15, 0.2) is 0 Å². The van der Waals surface area contributed by atoms with E-state index in [1.807, 2.05) is 27.7 Å². The van der Waals surface area contributed by atoms with Crippen LogP contribution in [0.5, 0.6) is 6.01 Å². The van der Waals surface area contributed by atoms with E-state index in [-0.39, 0.29) is 12.1 Å². The molecule has 7 nitrogen and oxygen atoms in total. The maximum atomic E-state index is 12.4. The van der Waals surface area contributed by atoms with Gasteiger partial charge in [0.1, 0.15) is 12.2 Å². The number of amides is 1. The lowest BCUT2D eigenvalue weighted by Gasteiger charge is -2.28. The van der Waals surface area contributed by atoms with E-state index in [0.29, 0.717) is 19.2 Å². The summed E-state index contributed by atoms with van der Waals surface area (Å²) in [6, 6.07) is 0.417. The minimum Gasteiger partial charge on any atom is -0.461 e. The van der Waals surface area contributed by atoms with Gasteiger partial charge in [0, 0.05) is 25.3 Å². The fourth-order valence-corrected chi connectivity index (χ4v) is 3.53. The lowest BCUT2D eigenvalue weighted by Crippen LogP contribution is -2.42. The third-order valence-corrected chi connectivity index (χ3v) is 4.85. The van der Waals surface area contributed by atoms with Gasteiger partial charge in [0.15, 0.2) is 0 Å². The molecule has 3 rings (SSSR count). The molecule has 1 amide bonds. The third kappa shape index (κ3) is 4.44. The van der Waals surface area contributed by atoms with E-state index in [9.17, 15) is 4.79 Å². The van der Waals surface area contributed by atoms with Gasteiger partial charge in [-0.25, -0.2) is 9.78 Å². The van der Waals surface area contributed by atoms with Gasteiger partial charge in [-0.2, -0.15) is 4.98 Å². The van der Waals surface area contributed by atoms with Crippen LogP contribution in [-0.2, 0) is 17.7 Å². The number of carbonyl (C=O) groups is 1. The quantitative estimate of drug-likeness (QED) is 0.823. The molecule has 1 aromatic rings. The van der Waals surface area contributed by atoms with Crippen molar-refractivity contribution in [1.82, 2.24) is 19.8 Å². The summed E-state index contributed by atoms with van der Waals surface area (Å²) in [7, 11) is 2.10. The lowest BCUT2D eigenvalue weighted by atomic mass is 10.0. The molecule has 7 heteroatoms. The normalized spacial score (nSPS) is 20.8. The van der Waals surface area contributed by atoms with Crippen molar-refractivity contribution >= 4 is 6.09 Å². The van der Waals surface area contributed by atoms with E-state index in [1.54, 1.807) is 4.90 Å². The van der Waals surface area contributed by atoms with Gasteiger partial charge in [-0.3, -0.25) is 0 Å². The Kier molecular flexibility index (Phi) is 5.37. The second-order valence-corrected chi connectivity index (χ2v) is 8.29. The summed E-state index contributed by atoms with van der Waals surface area (Å²) in [5.74, 6) is 0. The zero-order chi connectivity index (χ0) is 18.9. The molecular weight excluding hydrogens is 332 g/mol. The number of aryl methyl sites for hydroxylation is 1. The van der Waals surface area contributed by atoms with Gasteiger partial charge < -0.3 is 19.3 Å². The molecule has 144 valence electrons. The van der Waals surface area contributed by atoms with Gasteiger partial charge in [-0.15, -0.1) is 0 Å². The Labute approximate surface area is 155 Å². The minimum atomic E-state index is -0.490. The van der Waals surface area contributed by atoms with Crippen molar-refractivity contribution in [1.29, 1.82) is 0 Å². The molecular formula is C19H30N4O3. The Morgan fingerprint density at radius 1 is 1.27 bits per heavy atom. The van der Waals surface area contributed by atoms with Gasteiger partial charge in [0.05, 0.1) is 11.7 Å². The Hall–Kier alpha value is -1.89. The van der Waals surface area contributed by atoms with E-state index in [1.165, 1.54) is 5.56 Å². The molecule has 2 aliphatic heterocycles. The van der Waals surface area contributed by atoms with Crippen LogP contribution in [0.3, 0.4) is 0 Å². The van der Waals surface area contributed by atoms with Crippen molar-refractivity contribution in [2.45, 2.75) is 65.1 Å². The molecule has 0 bridgehead atoms. The largest absolute Gasteiger partial charge is 0.461 e. The first-order valence-corrected chi connectivity index (χ1v) is 9.40. The molecule has 1 aromatic heterocycles. The molecule has 0 radical (unpaired) electrons. The van der Waals surface area contributed by atoms with E-state index < -0.39 is 5.60 Å². The Bertz CT molecular complexity index is 671. The third-order valence-electron chi connectivity index (χ3n) is 4.85. The van der Waals surface area contributed by atoms with Gasteiger partial charge in [0.2, 0.25) is 0 Å². The first-order valence-electron chi connectivity index (χ1n) is 9.40. The number of likely N-dealkylation sites (N-methyl/N-ethyl adjacent to an activating group) is 1. The Morgan fingerprint density at radius 3 is 2.77 bits per heavy atom. The van der Waals surface area contributed by atoms with Crippen LogP contribution in [0.25, 0.3) is 0 Å². The molecule has 0 saturated carbocycles. The molecule has 3 heterocycles. The van der Waals surface area contributed by atoms with Crippen LogP contribution in [0, 0.1) is 6.92 Å². The highest BCUT2D eigenvalue weighted by molar-refractivity contribution is 5.69. The molecule has 1 fully saturated rings. The van der Waals surface area contributed by atoms with Crippen molar-refractivity contribution < 1.29 is 14.3 Å². The zero-order valence-corrected chi connectivity index (χ0v) is 16.5. The second kappa shape index (κ2) is 7.39. The predicted molar refractivity (Wildman–Crippen MR) is 98.3 cm³/mol. The molecule has 0 aliphatic carbocycles. The van der Waals surface area contributed by atoms with Crippen LogP contribution in [0.4, 0.5) is 4.79 Å². The van der Waals surface area contributed by atoms with Crippen molar-refractivity contribution in [2.75, 3.05) is 26.7 Å². The van der Waals surface area contributed by atoms with Crippen LogP contribution in [-0.4, -0.2) is 64.2 Å². The van der Waals surface area contributed by atoms with E-state index in [2.05, 4.69) is 21.9 Å². The average Bonchev–Trinajstić information content (AvgIpc) is 2.99. The molecule has 0 unspecified atom stereocenters. The average molecular weight is 362 g/mol. The molecule has 26 heavy (non-hydrogen) atoms. The molecule has 0 aromatic carbocycles. The van der Waals surface area contributed by atoms with Crippen molar-refractivity contribution in [2.24, 2.45) is 0 Å². The Balaban J connectivity index is 1.64. The number of hydrogen-bond acceptors (Lipinski definition) is 6. The highest BCUT2D eigenvalue weighted by atomic mass is 16.6. The minimum absolute atomic E-state index is 0.00691. The number of rotatable bonds is 3. The molecule has 0 spiro atoms. The summed E-state index contributed by atoms with van der Waals surface area (Å²) < 4.78 is 11.4. The zero-order valence-electron chi connectivity index (χ0n) is 16.5. The number of ether oxygens (including phenoxy) is 2. The van der Waals surface area contributed by atoms with Gasteiger partial charge >= 0.3 is 12.1 Å². The summed E-state index contributed by atoms with van der Waals surface area (Å²) >= 11 is 0. The summed E-state index contributed by atoms with van der Waals surface area (Å²) in [5.41, 5.74) is 2.80. The van der Waals surface area contributed by atoms with E-state index in [4.69, 9.17) is 9.47 Å². The summed E-state index contributed by atoms with van der Waals surface area (Å²) in [6.07, 6.45) is 2.58. The monoisotopic (exact) mass is 362 g/mol. The van der Waals surface area contributed by atoms with Crippen molar-refractivity contribution in [3.63, 3.8) is 0 Å². The second-order valence-electron chi connectivity index (χ2n) is 8.29. The maximum absolute atomic E-state index is 12.4. The first kappa shape index (κ1) is 18.9. The number of hydrogen-bond donors (Lipinski definition) is 0. The molecule has 1 saturated heterocycles. The molecule has 1 atom stereocenters. The van der Waals surface area contributed by atoms with Gasteiger partial charge in [0.25, 0.3) is 0 Å². The van der Waals surface area contributed by atoms with Crippen LogP contribution >= 0.6 is 0 Å². The molecule has 0 N–H and O–H groups in total. The smallest absolute Gasteiger partial charge is 0.410 e. The molecule has 2 aliphatic rings. The number of nitrogens with zero attached hydrogens (tertiary/aromatic N) is 4. The van der Waals surface area contributed by atoms with Gasteiger partial charge in [-0.05, 0) is 59.6 Å². The van der Waals surface area contributed by atoms with Crippen LogP contribution in [0.2, 0.25) is 0 Å². The van der Waals surface area contributed by atoms with Crippen molar-refractivity contribution in [3.05, 3.63) is 17.0 Å². The Morgan fingerprint density at radius 2 is 2.04 bits per heavy atom. The van der Waals surface area contributed by atoms with E-state index >= 15 is 0 Å². The lowest BCUT2D eigenvalue weighted by molar-refractivity contribution is 0.0183. The maximum Gasteiger partial charge on any atom is 0.410 e. The predicted octanol–water partition coefficient (Wildman–Crippen LogP) is 2.55. The fraction of sp³-hybridized carbons (Fsp3) is 0.737. The van der Waals surface area contributed by atoms with Crippen LogP contribution < -0.4 is 4.74 Å². The van der Waals surface area contributed by atoms with Crippen molar-refractivity contribution in [3.8, 4) is 6.01 Å². The number of aromatic nitrogens is 2. The topological polar surface area (TPSA) is 67.8 Å². The summed E-state index contributed by atoms with van der Waals surface area (Å²) in [4.78, 5) is 25.5. The van der Waals surface area contributed by atoms with Gasteiger partial charge in [-0.1, -0.05) is 0 Å². The fourth-order valence-electron chi connectivity index (χ4n) is 3.53. The summed E-state index contributed by atoms with van der Waals surface area (Å²) in [5, 5.41) is 0. The standard InChI is InChI=1S/C19H30N4O3/c1-13-15-8-10-22(5)11-16(15)21-17(20-13)25-12-14-7-6-9-23(14)18(24)26-19(2,3)4/h14H,6-12H2,1-5H3/t14-/m0/s1. The highest BCUT2D eigenvalue weighted by Gasteiger charge is 2.33. The first-order chi connectivity index (χ1) is 12.2. The van der Waals surface area contributed by atoms with Crippen LogP contribution in [0.1, 0.15) is 50.6 Å². The number of carbonyl (C=O) groups excluding carboxylic acids is 1. The van der Waals surface area contributed by atoms with E-state index in [0.717, 1.165) is 43.7 Å². The summed E-state index contributed by atoms with van der Waals surface area (Å²) in [6.45, 7) is 10.6.